The van der Waals surface area contributed by atoms with E-state index < -0.39 is 0 Å². The van der Waals surface area contributed by atoms with Gasteiger partial charge < -0.3 is 14.8 Å². The lowest BCUT2D eigenvalue weighted by Crippen LogP contribution is -2.01. The van der Waals surface area contributed by atoms with Crippen LogP contribution in [0.25, 0.3) is 0 Å². The lowest BCUT2D eigenvalue weighted by molar-refractivity contribution is 0.306. The highest BCUT2D eigenvalue weighted by molar-refractivity contribution is 5.55. The summed E-state index contributed by atoms with van der Waals surface area (Å²) in [6, 6.07) is 24.0. The summed E-state index contributed by atoms with van der Waals surface area (Å²) in [7, 11) is 0. The molecule has 1 aromatic heterocycles. The average molecular weight is 447 g/mol. The molecule has 0 saturated heterocycles. The molecule has 0 fully saturated rings. The molecule has 7 nitrogen and oxygen atoms in total. The molecule has 0 saturated carbocycles. The van der Waals surface area contributed by atoms with Crippen LogP contribution in [0.4, 0.5) is 11.6 Å². The van der Waals surface area contributed by atoms with Gasteiger partial charge in [0.05, 0.1) is 23.3 Å². The standard InChI is InChI=1S/C27H21N5O2/c1-18-13-22(17-33-24-9-5-21(16-29)6-10-24)14-19(2)26(18)34-25-11-12-30-27(32-25)31-23-7-3-20(15-28)4-8-23/h3-14H,17H2,1-2H3,(H,30,31,32). The monoisotopic (exact) mass is 447 g/mol. The molecule has 4 aromatic rings. The Hall–Kier alpha value is -4.88. The maximum Gasteiger partial charge on any atom is 0.230 e. The molecule has 3 aromatic carbocycles. The molecular weight excluding hydrogens is 426 g/mol. The number of anilines is 2. The number of hydrogen-bond acceptors (Lipinski definition) is 7. The third-order valence-electron chi connectivity index (χ3n) is 5.02. The van der Waals surface area contributed by atoms with Crippen molar-refractivity contribution in [1.82, 2.24) is 9.97 Å². The Kier molecular flexibility index (Phi) is 6.67. The summed E-state index contributed by atoms with van der Waals surface area (Å²) in [5.41, 5.74) is 4.88. The van der Waals surface area contributed by atoms with Gasteiger partial charge in [-0.15, -0.1) is 0 Å². The van der Waals surface area contributed by atoms with E-state index in [0.29, 0.717) is 35.3 Å². The second-order valence-corrected chi connectivity index (χ2v) is 7.62. The molecule has 0 aliphatic rings. The van der Waals surface area contributed by atoms with E-state index >= 15 is 0 Å². The van der Waals surface area contributed by atoms with Gasteiger partial charge in [0.25, 0.3) is 0 Å². The highest BCUT2D eigenvalue weighted by Crippen LogP contribution is 2.30. The van der Waals surface area contributed by atoms with Crippen molar-refractivity contribution in [1.29, 1.82) is 10.5 Å². The van der Waals surface area contributed by atoms with Gasteiger partial charge in [0.1, 0.15) is 18.1 Å². The number of aryl methyl sites for hydroxylation is 2. The van der Waals surface area contributed by atoms with E-state index in [1.54, 1.807) is 60.8 Å². The largest absolute Gasteiger partial charge is 0.489 e. The van der Waals surface area contributed by atoms with Crippen LogP contribution in [-0.2, 0) is 6.61 Å². The topological polar surface area (TPSA) is 104 Å². The minimum Gasteiger partial charge on any atom is -0.489 e. The molecule has 34 heavy (non-hydrogen) atoms. The van der Waals surface area contributed by atoms with Crippen LogP contribution in [0.15, 0.2) is 72.9 Å². The van der Waals surface area contributed by atoms with Gasteiger partial charge in [-0.05, 0) is 91.2 Å². The van der Waals surface area contributed by atoms with Crippen LogP contribution < -0.4 is 14.8 Å². The molecule has 0 amide bonds. The Labute approximate surface area is 197 Å². The van der Waals surface area contributed by atoms with Crippen LogP contribution >= 0.6 is 0 Å². The lowest BCUT2D eigenvalue weighted by Gasteiger charge is -2.14. The van der Waals surface area contributed by atoms with Crippen molar-refractivity contribution >= 4 is 11.6 Å². The molecular formula is C27H21N5O2. The predicted octanol–water partition coefficient (Wildman–Crippen LogP) is 5.95. The van der Waals surface area contributed by atoms with Crippen LogP contribution in [0.5, 0.6) is 17.4 Å². The minimum absolute atomic E-state index is 0.393. The van der Waals surface area contributed by atoms with E-state index in [1.165, 1.54) is 0 Å². The first kappa shape index (κ1) is 22.3. The third-order valence-corrected chi connectivity index (χ3v) is 5.02. The fourth-order valence-corrected chi connectivity index (χ4v) is 3.40. The second-order valence-electron chi connectivity index (χ2n) is 7.62. The van der Waals surface area contributed by atoms with Crippen LogP contribution in [0.1, 0.15) is 27.8 Å². The van der Waals surface area contributed by atoms with Gasteiger partial charge in [0.2, 0.25) is 11.8 Å². The van der Waals surface area contributed by atoms with Gasteiger partial charge in [-0.2, -0.15) is 15.5 Å². The fraction of sp³-hybridized carbons (Fsp3) is 0.111. The minimum atomic E-state index is 0.393. The first-order valence-electron chi connectivity index (χ1n) is 10.6. The van der Waals surface area contributed by atoms with E-state index in [-0.39, 0.29) is 0 Å². The Bertz CT molecular complexity index is 1360. The molecule has 1 heterocycles. The summed E-state index contributed by atoms with van der Waals surface area (Å²) in [6.45, 7) is 4.36. The maximum absolute atomic E-state index is 8.93. The molecule has 0 atom stereocenters. The van der Waals surface area contributed by atoms with Gasteiger partial charge in [-0.1, -0.05) is 0 Å². The van der Waals surface area contributed by atoms with Gasteiger partial charge >= 0.3 is 0 Å². The first-order chi connectivity index (χ1) is 16.5. The van der Waals surface area contributed by atoms with E-state index in [1.807, 2.05) is 26.0 Å². The molecule has 166 valence electrons. The van der Waals surface area contributed by atoms with Crippen molar-refractivity contribution in [2.75, 3.05) is 5.32 Å². The fourth-order valence-electron chi connectivity index (χ4n) is 3.40. The Balaban J connectivity index is 1.44. The van der Waals surface area contributed by atoms with E-state index in [0.717, 1.165) is 28.1 Å². The van der Waals surface area contributed by atoms with Crippen molar-refractivity contribution < 1.29 is 9.47 Å². The van der Waals surface area contributed by atoms with Crippen molar-refractivity contribution in [2.45, 2.75) is 20.5 Å². The maximum atomic E-state index is 8.93. The number of benzene rings is 3. The SMILES string of the molecule is Cc1cc(COc2ccc(C#N)cc2)cc(C)c1Oc1ccnc(Nc2ccc(C#N)cc2)n1. The first-order valence-corrected chi connectivity index (χ1v) is 10.6. The number of hydrogen-bond donors (Lipinski definition) is 1. The van der Waals surface area contributed by atoms with Gasteiger partial charge in [-0.25, -0.2) is 4.98 Å². The quantitative estimate of drug-likeness (QED) is 0.373. The molecule has 7 heteroatoms. The summed E-state index contributed by atoms with van der Waals surface area (Å²) >= 11 is 0. The van der Waals surface area contributed by atoms with Crippen LogP contribution in [0.3, 0.4) is 0 Å². The number of nitrogens with zero attached hydrogens (tertiary/aromatic N) is 4. The van der Waals surface area contributed by atoms with Gasteiger partial charge in [0, 0.05) is 18.0 Å². The number of nitriles is 2. The normalized spacial score (nSPS) is 10.1. The number of rotatable bonds is 7. The second kappa shape index (κ2) is 10.2. The van der Waals surface area contributed by atoms with Gasteiger partial charge in [0.15, 0.2) is 0 Å². The Morgan fingerprint density at radius 3 is 2.09 bits per heavy atom. The molecule has 0 spiro atoms. The van der Waals surface area contributed by atoms with E-state index in [9.17, 15) is 0 Å². The molecule has 1 N–H and O–H groups in total. The smallest absolute Gasteiger partial charge is 0.230 e. The summed E-state index contributed by atoms with van der Waals surface area (Å²) < 4.78 is 11.9. The third kappa shape index (κ3) is 5.48. The van der Waals surface area contributed by atoms with Crippen molar-refractivity contribution in [3.8, 4) is 29.5 Å². The summed E-state index contributed by atoms with van der Waals surface area (Å²) in [6.07, 6.45) is 1.62. The molecule has 4 rings (SSSR count). The average Bonchev–Trinajstić information content (AvgIpc) is 2.86. The highest BCUT2D eigenvalue weighted by Gasteiger charge is 2.10. The lowest BCUT2D eigenvalue weighted by atomic mass is 10.1. The molecule has 0 unspecified atom stereocenters. The summed E-state index contributed by atoms with van der Waals surface area (Å²) in [4.78, 5) is 8.68. The highest BCUT2D eigenvalue weighted by atomic mass is 16.5. The van der Waals surface area contributed by atoms with Crippen LogP contribution in [0, 0.1) is 36.5 Å². The van der Waals surface area contributed by atoms with Crippen molar-refractivity contribution in [3.63, 3.8) is 0 Å². The van der Waals surface area contributed by atoms with Gasteiger partial charge in [-0.3, -0.25) is 0 Å². The van der Waals surface area contributed by atoms with E-state index in [2.05, 4.69) is 27.4 Å². The van der Waals surface area contributed by atoms with Crippen molar-refractivity contribution in [3.05, 3.63) is 101 Å². The molecule has 0 aliphatic heterocycles. The summed E-state index contributed by atoms with van der Waals surface area (Å²) in [5.74, 6) is 2.24. The number of nitrogens with one attached hydrogen (secondary N) is 1. The molecule has 0 bridgehead atoms. The summed E-state index contributed by atoms with van der Waals surface area (Å²) in [5, 5.41) is 20.9. The zero-order chi connectivity index (χ0) is 23.9. The van der Waals surface area contributed by atoms with Crippen LogP contribution in [-0.4, -0.2) is 9.97 Å². The van der Waals surface area contributed by atoms with Crippen molar-refractivity contribution in [2.24, 2.45) is 0 Å². The Morgan fingerprint density at radius 2 is 1.47 bits per heavy atom. The zero-order valence-corrected chi connectivity index (χ0v) is 18.7. The van der Waals surface area contributed by atoms with E-state index in [4.69, 9.17) is 20.0 Å². The molecule has 0 radical (unpaired) electrons. The van der Waals surface area contributed by atoms with Crippen LogP contribution in [0.2, 0.25) is 0 Å². The predicted molar refractivity (Wildman–Crippen MR) is 128 cm³/mol. The number of ether oxygens (including phenoxy) is 2. The molecule has 0 aliphatic carbocycles. The Morgan fingerprint density at radius 1 is 0.853 bits per heavy atom. The number of aromatic nitrogens is 2. The zero-order valence-electron chi connectivity index (χ0n) is 18.7.